The van der Waals surface area contributed by atoms with Gasteiger partial charge in [0.1, 0.15) is 0 Å². The Morgan fingerprint density at radius 3 is 2.41 bits per heavy atom. The van der Waals surface area contributed by atoms with Crippen LogP contribution in [0.2, 0.25) is 0 Å². The summed E-state index contributed by atoms with van der Waals surface area (Å²) in [4.78, 5) is 28.1. The van der Waals surface area contributed by atoms with Crippen LogP contribution >= 0.6 is 0 Å². The summed E-state index contributed by atoms with van der Waals surface area (Å²) in [6.45, 7) is 3.45. The summed E-state index contributed by atoms with van der Waals surface area (Å²) >= 11 is 0. The fourth-order valence-electron chi connectivity index (χ4n) is 4.49. The van der Waals surface area contributed by atoms with E-state index in [1.165, 1.54) is 0 Å². The molecule has 4 rings (SSSR count). The highest BCUT2D eigenvalue weighted by Crippen LogP contribution is 2.36. The van der Waals surface area contributed by atoms with Crippen LogP contribution in [0.1, 0.15) is 29.3 Å². The number of carbonyl (C=O) groups is 2. The number of nitrogens with zero attached hydrogens (tertiary/aromatic N) is 1. The van der Waals surface area contributed by atoms with Gasteiger partial charge < -0.3 is 16.0 Å². The molecule has 0 saturated carbocycles. The van der Waals surface area contributed by atoms with E-state index in [0.717, 1.165) is 16.7 Å². The number of nitrogen functional groups attached to an aromatic ring is 1. The van der Waals surface area contributed by atoms with E-state index >= 15 is 0 Å². The summed E-state index contributed by atoms with van der Waals surface area (Å²) in [5.74, 6) is -0.0491. The minimum Gasteiger partial charge on any atom is -0.399 e. The Balaban J connectivity index is 1.59. The Morgan fingerprint density at radius 1 is 0.969 bits per heavy atom. The summed E-state index contributed by atoms with van der Waals surface area (Å²) in [6, 6.07) is 25.5. The standard InChI is InChI=1S/C27H29N3O2/c1-2-29-26(32)27(15-16-30(19-27)25(31)22-11-13-24(28)14-12-22)18-20-7-6-10-23(17-20)21-8-4-3-5-9-21/h3-14,17H,2,15-16,18-19,28H2,1H3,(H,29,32)/t27-/m0/s1. The van der Waals surface area contributed by atoms with Crippen LogP contribution in [0.4, 0.5) is 5.69 Å². The van der Waals surface area contributed by atoms with Crippen LogP contribution in [0, 0.1) is 5.41 Å². The SMILES string of the molecule is CCNC(=O)[C@]1(Cc2cccc(-c3ccccc3)c2)CCN(C(=O)c2ccc(N)cc2)C1. The highest BCUT2D eigenvalue weighted by atomic mass is 16.2. The van der Waals surface area contributed by atoms with Crippen LogP contribution in [0.25, 0.3) is 11.1 Å². The highest BCUT2D eigenvalue weighted by Gasteiger charge is 2.45. The Hall–Kier alpha value is -3.60. The third kappa shape index (κ3) is 4.52. The second-order valence-electron chi connectivity index (χ2n) is 8.48. The minimum absolute atomic E-state index is 0.0118. The van der Waals surface area contributed by atoms with Crippen molar-refractivity contribution in [3.8, 4) is 11.1 Å². The lowest BCUT2D eigenvalue weighted by molar-refractivity contribution is -0.130. The quantitative estimate of drug-likeness (QED) is 0.581. The van der Waals surface area contributed by atoms with Gasteiger partial charge in [0.05, 0.1) is 5.41 Å². The summed E-state index contributed by atoms with van der Waals surface area (Å²) in [6.07, 6.45) is 1.22. The van der Waals surface area contributed by atoms with E-state index in [-0.39, 0.29) is 11.8 Å². The number of anilines is 1. The molecule has 3 aromatic carbocycles. The van der Waals surface area contributed by atoms with Gasteiger partial charge in [-0.15, -0.1) is 0 Å². The van der Waals surface area contributed by atoms with Gasteiger partial charge in [-0.3, -0.25) is 9.59 Å². The molecular weight excluding hydrogens is 398 g/mol. The van der Waals surface area contributed by atoms with Crippen LogP contribution < -0.4 is 11.1 Å². The summed E-state index contributed by atoms with van der Waals surface area (Å²) < 4.78 is 0. The van der Waals surface area contributed by atoms with Gasteiger partial charge in [-0.05, 0) is 60.7 Å². The number of nitrogens with two attached hydrogens (primary N) is 1. The third-order valence-electron chi connectivity index (χ3n) is 6.19. The number of carbonyl (C=O) groups excluding carboxylic acids is 2. The first kappa shape index (κ1) is 21.6. The molecule has 1 saturated heterocycles. The summed E-state index contributed by atoms with van der Waals surface area (Å²) in [7, 11) is 0. The lowest BCUT2D eigenvalue weighted by atomic mass is 9.79. The van der Waals surface area contributed by atoms with Crippen molar-refractivity contribution in [2.24, 2.45) is 5.41 Å². The van der Waals surface area contributed by atoms with Gasteiger partial charge in [0.2, 0.25) is 5.91 Å². The van der Waals surface area contributed by atoms with E-state index in [1.54, 1.807) is 29.2 Å². The van der Waals surface area contributed by atoms with Crippen molar-refractivity contribution in [1.82, 2.24) is 10.2 Å². The van der Waals surface area contributed by atoms with E-state index in [9.17, 15) is 9.59 Å². The molecule has 3 aromatic rings. The van der Waals surface area contributed by atoms with Crippen LogP contribution in [-0.2, 0) is 11.2 Å². The topological polar surface area (TPSA) is 75.4 Å². The second kappa shape index (κ2) is 9.27. The Bertz CT molecular complexity index is 1100. The first-order chi connectivity index (χ1) is 15.5. The Kier molecular flexibility index (Phi) is 6.26. The molecule has 3 N–H and O–H groups in total. The monoisotopic (exact) mass is 427 g/mol. The molecule has 0 aromatic heterocycles. The molecule has 1 aliphatic rings. The smallest absolute Gasteiger partial charge is 0.253 e. The van der Waals surface area contributed by atoms with Gasteiger partial charge in [0, 0.05) is 30.9 Å². The zero-order valence-electron chi connectivity index (χ0n) is 18.4. The number of hydrogen-bond acceptors (Lipinski definition) is 3. The van der Waals surface area contributed by atoms with Crippen molar-refractivity contribution in [1.29, 1.82) is 0 Å². The maximum atomic E-state index is 13.2. The number of amides is 2. The molecule has 0 spiro atoms. The Morgan fingerprint density at radius 2 is 1.69 bits per heavy atom. The highest BCUT2D eigenvalue weighted by molar-refractivity contribution is 5.95. The third-order valence-corrected chi connectivity index (χ3v) is 6.19. The molecule has 1 aliphatic heterocycles. The zero-order chi connectivity index (χ0) is 22.6. The van der Waals surface area contributed by atoms with Crippen molar-refractivity contribution >= 4 is 17.5 Å². The molecule has 0 unspecified atom stereocenters. The van der Waals surface area contributed by atoms with E-state index in [4.69, 9.17) is 5.73 Å². The van der Waals surface area contributed by atoms with Crippen molar-refractivity contribution in [2.45, 2.75) is 19.8 Å². The predicted molar refractivity (Wildman–Crippen MR) is 128 cm³/mol. The first-order valence-corrected chi connectivity index (χ1v) is 11.1. The molecule has 5 heteroatoms. The van der Waals surface area contributed by atoms with Gasteiger partial charge in [-0.25, -0.2) is 0 Å². The van der Waals surface area contributed by atoms with Gasteiger partial charge >= 0.3 is 0 Å². The maximum Gasteiger partial charge on any atom is 0.253 e. The fourth-order valence-corrected chi connectivity index (χ4v) is 4.49. The van der Waals surface area contributed by atoms with Gasteiger partial charge in [-0.2, -0.15) is 0 Å². The maximum absolute atomic E-state index is 13.2. The predicted octanol–water partition coefficient (Wildman–Crippen LogP) is 4.15. The average Bonchev–Trinajstić information content (AvgIpc) is 3.25. The second-order valence-corrected chi connectivity index (χ2v) is 8.48. The fraction of sp³-hybridized carbons (Fsp3) is 0.259. The zero-order valence-corrected chi connectivity index (χ0v) is 18.4. The molecule has 5 nitrogen and oxygen atoms in total. The normalized spacial score (nSPS) is 17.8. The molecule has 1 atom stereocenters. The number of benzene rings is 3. The number of likely N-dealkylation sites (tertiary alicyclic amines) is 1. The number of nitrogens with one attached hydrogen (secondary N) is 1. The molecule has 164 valence electrons. The summed E-state index contributed by atoms with van der Waals surface area (Å²) in [5, 5.41) is 3.01. The molecule has 1 fully saturated rings. The number of hydrogen-bond donors (Lipinski definition) is 2. The van der Waals surface area contributed by atoms with Gasteiger partial charge in [0.15, 0.2) is 0 Å². The van der Waals surface area contributed by atoms with Crippen molar-refractivity contribution < 1.29 is 9.59 Å². The van der Waals surface area contributed by atoms with E-state index in [1.807, 2.05) is 31.2 Å². The molecule has 1 heterocycles. The lowest BCUT2D eigenvalue weighted by Gasteiger charge is -2.28. The van der Waals surface area contributed by atoms with Crippen LogP contribution in [0.3, 0.4) is 0 Å². The van der Waals surface area contributed by atoms with Crippen LogP contribution in [0.15, 0.2) is 78.9 Å². The van der Waals surface area contributed by atoms with E-state index in [2.05, 4.69) is 35.6 Å². The van der Waals surface area contributed by atoms with Crippen LogP contribution in [-0.4, -0.2) is 36.3 Å². The largest absolute Gasteiger partial charge is 0.399 e. The van der Waals surface area contributed by atoms with Gasteiger partial charge in [0.25, 0.3) is 5.91 Å². The Labute approximate surface area is 189 Å². The van der Waals surface area contributed by atoms with Crippen molar-refractivity contribution in [3.63, 3.8) is 0 Å². The molecule has 32 heavy (non-hydrogen) atoms. The first-order valence-electron chi connectivity index (χ1n) is 11.1. The van der Waals surface area contributed by atoms with Gasteiger partial charge in [-0.1, -0.05) is 54.6 Å². The van der Waals surface area contributed by atoms with Crippen molar-refractivity contribution in [3.05, 3.63) is 90.0 Å². The van der Waals surface area contributed by atoms with E-state index < -0.39 is 5.41 Å². The molecular formula is C27H29N3O2. The summed E-state index contributed by atoms with van der Waals surface area (Å²) in [5.41, 5.74) is 9.70. The molecule has 2 amide bonds. The number of rotatable bonds is 6. The van der Waals surface area contributed by atoms with E-state index in [0.29, 0.717) is 43.7 Å². The molecule has 0 bridgehead atoms. The molecule has 0 aliphatic carbocycles. The average molecular weight is 428 g/mol. The minimum atomic E-state index is -0.644. The van der Waals surface area contributed by atoms with Crippen LogP contribution in [0.5, 0.6) is 0 Å². The lowest BCUT2D eigenvalue weighted by Crippen LogP contribution is -2.45. The van der Waals surface area contributed by atoms with Crippen molar-refractivity contribution in [2.75, 3.05) is 25.4 Å². The molecule has 0 radical (unpaired) electrons.